The fraction of sp³-hybridized carbons (Fsp3) is 0.364. The molecule has 3 nitrogen and oxygen atoms in total. The second kappa shape index (κ2) is 6.21. The molecule has 0 heterocycles. The van der Waals surface area contributed by atoms with Crippen molar-refractivity contribution in [3.8, 4) is 0 Å². The molecule has 0 amide bonds. The van der Waals surface area contributed by atoms with Gasteiger partial charge in [0.15, 0.2) is 16.7 Å². The predicted molar refractivity (Wildman–Crippen MR) is 60.4 cm³/mol. The van der Waals surface area contributed by atoms with Crippen LogP contribution in [0.3, 0.4) is 0 Å². The highest BCUT2D eigenvalue weighted by Crippen LogP contribution is 2.24. The minimum absolute atomic E-state index is 0.172. The van der Waals surface area contributed by atoms with Crippen LogP contribution in [0.5, 0.6) is 0 Å². The summed E-state index contributed by atoms with van der Waals surface area (Å²) in [5.74, 6) is -4.03. The van der Waals surface area contributed by atoms with Crippen molar-refractivity contribution in [3.63, 3.8) is 0 Å². The molecular weight excluding hydrogens is 269 g/mol. The van der Waals surface area contributed by atoms with Crippen molar-refractivity contribution in [2.75, 3.05) is 5.75 Å². The SMILES string of the molecule is CC(=O)SCC(O)C(O)c1cc(F)c(F)cc1F. The van der Waals surface area contributed by atoms with Gasteiger partial charge in [-0.15, -0.1) is 0 Å². The van der Waals surface area contributed by atoms with E-state index in [1.807, 2.05) is 0 Å². The van der Waals surface area contributed by atoms with Crippen LogP contribution in [-0.2, 0) is 4.79 Å². The lowest BCUT2D eigenvalue weighted by atomic mass is 10.0. The highest BCUT2D eigenvalue weighted by Gasteiger charge is 2.24. The molecule has 7 heteroatoms. The molecule has 0 radical (unpaired) electrons. The molecule has 0 aromatic heterocycles. The number of benzene rings is 1. The lowest BCUT2D eigenvalue weighted by molar-refractivity contribution is -0.109. The van der Waals surface area contributed by atoms with E-state index in [0.717, 1.165) is 11.8 Å². The van der Waals surface area contributed by atoms with Gasteiger partial charge in [0.2, 0.25) is 0 Å². The zero-order valence-electron chi connectivity index (χ0n) is 9.36. The lowest BCUT2D eigenvalue weighted by Gasteiger charge is -2.18. The predicted octanol–water partition coefficient (Wildman–Crippen LogP) is 1.78. The van der Waals surface area contributed by atoms with Gasteiger partial charge in [0.1, 0.15) is 11.9 Å². The third kappa shape index (κ3) is 3.72. The summed E-state index contributed by atoms with van der Waals surface area (Å²) in [5, 5.41) is 18.8. The fourth-order valence-corrected chi connectivity index (χ4v) is 1.85. The summed E-state index contributed by atoms with van der Waals surface area (Å²) in [5.41, 5.74) is -0.550. The Balaban J connectivity index is 2.86. The first-order chi connectivity index (χ1) is 8.32. The number of aliphatic hydroxyl groups excluding tert-OH is 2. The van der Waals surface area contributed by atoms with Crippen LogP contribution >= 0.6 is 11.8 Å². The first-order valence-electron chi connectivity index (χ1n) is 4.97. The van der Waals surface area contributed by atoms with Gasteiger partial charge in [0.05, 0.1) is 6.10 Å². The van der Waals surface area contributed by atoms with Crippen LogP contribution in [0.25, 0.3) is 0 Å². The molecule has 100 valence electrons. The van der Waals surface area contributed by atoms with Crippen LogP contribution in [0.1, 0.15) is 18.6 Å². The van der Waals surface area contributed by atoms with Crippen molar-refractivity contribution >= 4 is 16.9 Å². The molecule has 1 aromatic carbocycles. The van der Waals surface area contributed by atoms with Crippen LogP contribution in [0.4, 0.5) is 13.2 Å². The fourth-order valence-electron chi connectivity index (χ4n) is 1.27. The Morgan fingerprint density at radius 2 is 1.78 bits per heavy atom. The third-order valence-electron chi connectivity index (χ3n) is 2.18. The Labute approximate surface area is 106 Å². The van der Waals surface area contributed by atoms with Crippen molar-refractivity contribution in [1.82, 2.24) is 0 Å². The summed E-state index contributed by atoms with van der Waals surface area (Å²) in [4.78, 5) is 10.7. The zero-order chi connectivity index (χ0) is 13.9. The average Bonchev–Trinajstić information content (AvgIpc) is 2.29. The van der Waals surface area contributed by atoms with Crippen LogP contribution in [-0.4, -0.2) is 27.2 Å². The smallest absolute Gasteiger partial charge is 0.185 e. The first-order valence-corrected chi connectivity index (χ1v) is 5.95. The minimum atomic E-state index is -1.73. The molecule has 0 bridgehead atoms. The van der Waals surface area contributed by atoms with Gasteiger partial charge < -0.3 is 10.2 Å². The Hall–Kier alpha value is -1.05. The van der Waals surface area contributed by atoms with Gasteiger partial charge in [-0.25, -0.2) is 13.2 Å². The molecule has 1 aromatic rings. The maximum atomic E-state index is 13.3. The van der Waals surface area contributed by atoms with E-state index < -0.39 is 35.2 Å². The number of carbonyl (C=O) groups excluding carboxylic acids is 1. The van der Waals surface area contributed by atoms with Crippen LogP contribution in [0, 0.1) is 17.5 Å². The summed E-state index contributed by atoms with van der Waals surface area (Å²) in [6.07, 6.45) is -3.19. The normalized spacial score (nSPS) is 14.3. The second-order valence-electron chi connectivity index (χ2n) is 3.60. The van der Waals surface area contributed by atoms with Gasteiger partial charge in [-0.3, -0.25) is 4.79 Å². The van der Waals surface area contributed by atoms with E-state index in [9.17, 15) is 28.2 Å². The van der Waals surface area contributed by atoms with E-state index >= 15 is 0 Å². The number of aliphatic hydroxyl groups is 2. The highest BCUT2D eigenvalue weighted by molar-refractivity contribution is 8.13. The minimum Gasteiger partial charge on any atom is -0.389 e. The van der Waals surface area contributed by atoms with E-state index in [1.54, 1.807) is 0 Å². The standard InChI is InChI=1S/C11H11F3O3S/c1-5(15)18-4-10(16)11(17)6-2-8(13)9(14)3-7(6)12/h2-3,10-11,16-17H,4H2,1H3. The molecular formula is C11H11F3O3S. The zero-order valence-corrected chi connectivity index (χ0v) is 10.2. The molecule has 0 aliphatic rings. The molecule has 2 unspecified atom stereocenters. The Morgan fingerprint density at radius 1 is 1.22 bits per heavy atom. The monoisotopic (exact) mass is 280 g/mol. The topological polar surface area (TPSA) is 57.5 Å². The number of hydrogen-bond acceptors (Lipinski definition) is 4. The van der Waals surface area contributed by atoms with E-state index in [-0.39, 0.29) is 10.9 Å². The van der Waals surface area contributed by atoms with E-state index in [1.165, 1.54) is 6.92 Å². The van der Waals surface area contributed by atoms with Gasteiger partial charge >= 0.3 is 0 Å². The van der Waals surface area contributed by atoms with E-state index in [0.29, 0.717) is 12.1 Å². The van der Waals surface area contributed by atoms with Crippen molar-refractivity contribution in [1.29, 1.82) is 0 Å². The number of thioether (sulfide) groups is 1. The van der Waals surface area contributed by atoms with Crippen LogP contribution < -0.4 is 0 Å². The molecule has 0 spiro atoms. The number of halogens is 3. The van der Waals surface area contributed by atoms with Crippen molar-refractivity contribution in [2.24, 2.45) is 0 Å². The summed E-state index contributed by atoms with van der Waals surface area (Å²) in [6.45, 7) is 1.27. The average molecular weight is 280 g/mol. The molecule has 0 aliphatic carbocycles. The maximum absolute atomic E-state index is 13.3. The largest absolute Gasteiger partial charge is 0.389 e. The van der Waals surface area contributed by atoms with Crippen LogP contribution in [0.2, 0.25) is 0 Å². The highest BCUT2D eigenvalue weighted by atomic mass is 32.2. The van der Waals surface area contributed by atoms with Gasteiger partial charge in [-0.1, -0.05) is 11.8 Å². The van der Waals surface area contributed by atoms with E-state index in [2.05, 4.69) is 0 Å². The second-order valence-corrected chi connectivity index (χ2v) is 4.80. The number of hydrogen-bond donors (Lipinski definition) is 2. The van der Waals surface area contributed by atoms with Crippen molar-refractivity contribution < 1.29 is 28.2 Å². The molecule has 18 heavy (non-hydrogen) atoms. The summed E-state index contributed by atoms with van der Waals surface area (Å²) in [6, 6.07) is 0.774. The summed E-state index contributed by atoms with van der Waals surface area (Å²) < 4.78 is 38.9. The van der Waals surface area contributed by atoms with Crippen molar-refractivity contribution in [2.45, 2.75) is 19.1 Å². The van der Waals surface area contributed by atoms with E-state index in [4.69, 9.17) is 0 Å². The number of carbonyl (C=O) groups is 1. The first kappa shape index (κ1) is 15.0. The van der Waals surface area contributed by atoms with Gasteiger partial charge in [-0.2, -0.15) is 0 Å². The van der Waals surface area contributed by atoms with Gasteiger partial charge in [-0.05, 0) is 6.07 Å². The Morgan fingerprint density at radius 3 is 2.33 bits per heavy atom. The lowest BCUT2D eigenvalue weighted by Crippen LogP contribution is -2.22. The van der Waals surface area contributed by atoms with Gasteiger partial charge in [0.25, 0.3) is 0 Å². The van der Waals surface area contributed by atoms with Gasteiger partial charge in [0, 0.05) is 24.3 Å². The summed E-state index contributed by atoms with van der Waals surface area (Å²) in [7, 11) is 0. The van der Waals surface area contributed by atoms with Crippen LogP contribution in [0.15, 0.2) is 12.1 Å². The quantitative estimate of drug-likeness (QED) is 0.825. The molecule has 0 saturated heterocycles. The Bertz CT molecular complexity index is 453. The third-order valence-corrected chi connectivity index (χ3v) is 3.09. The molecule has 2 N–H and O–H groups in total. The molecule has 2 atom stereocenters. The Kier molecular flexibility index (Phi) is 5.18. The van der Waals surface area contributed by atoms with Crippen molar-refractivity contribution in [3.05, 3.63) is 35.1 Å². The molecule has 1 rings (SSSR count). The molecule has 0 aliphatic heterocycles. The molecule has 0 saturated carbocycles. The maximum Gasteiger partial charge on any atom is 0.185 e. The molecule has 0 fully saturated rings. The number of rotatable bonds is 4. The summed E-state index contributed by atoms with van der Waals surface area (Å²) >= 11 is 0.736.